The highest BCUT2D eigenvalue weighted by Gasteiger charge is 2.24. The number of amides is 1. The van der Waals surface area contributed by atoms with Gasteiger partial charge in [-0.1, -0.05) is 207 Å². The Hall–Kier alpha value is -1.14. The lowest BCUT2D eigenvalue weighted by Gasteiger charge is -2.24. The van der Waals surface area contributed by atoms with E-state index in [9.17, 15) is 19.8 Å². The number of ether oxygens (including phenoxy) is 1. The highest BCUT2D eigenvalue weighted by Crippen LogP contribution is 2.18. The van der Waals surface area contributed by atoms with Crippen LogP contribution in [0.5, 0.6) is 0 Å². The van der Waals surface area contributed by atoms with E-state index < -0.39 is 18.2 Å². The van der Waals surface area contributed by atoms with Crippen molar-refractivity contribution in [2.45, 2.75) is 264 Å². The van der Waals surface area contributed by atoms with Gasteiger partial charge in [0.1, 0.15) is 6.10 Å². The lowest BCUT2D eigenvalue weighted by atomic mass is 10.0. The Labute approximate surface area is 311 Å². The second kappa shape index (κ2) is 39.1. The summed E-state index contributed by atoms with van der Waals surface area (Å²) in [5, 5.41) is 23.6. The van der Waals surface area contributed by atoms with Crippen LogP contribution in [-0.2, 0) is 14.3 Å². The molecule has 298 valence electrons. The smallest absolute Gasteiger partial charge is 0.306 e. The zero-order valence-corrected chi connectivity index (χ0v) is 33.8. The molecule has 6 nitrogen and oxygen atoms in total. The molecular formula is C44H87NO5. The number of hydrogen-bond acceptors (Lipinski definition) is 5. The summed E-state index contributed by atoms with van der Waals surface area (Å²) in [7, 11) is 0. The van der Waals surface area contributed by atoms with Gasteiger partial charge in [0.25, 0.3) is 0 Å². The minimum atomic E-state index is -0.776. The highest BCUT2D eigenvalue weighted by atomic mass is 16.5. The second-order valence-electron chi connectivity index (χ2n) is 15.5. The Morgan fingerprint density at radius 1 is 0.500 bits per heavy atom. The summed E-state index contributed by atoms with van der Waals surface area (Å²) < 4.78 is 5.88. The molecular weight excluding hydrogens is 622 g/mol. The first-order valence-corrected chi connectivity index (χ1v) is 22.3. The van der Waals surface area contributed by atoms with Crippen LogP contribution in [0.15, 0.2) is 0 Å². The minimum absolute atomic E-state index is 0.0862. The van der Waals surface area contributed by atoms with Gasteiger partial charge in [0.05, 0.1) is 25.2 Å². The zero-order chi connectivity index (χ0) is 36.8. The molecule has 0 fully saturated rings. The number of hydrogen-bond donors (Lipinski definition) is 3. The van der Waals surface area contributed by atoms with Gasteiger partial charge in [-0.2, -0.15) is 0 Å². The maximum Gasteiger partial charge on any atom is 0.306 e. The van der Waals surface area contributed by atoms with Crippen molar-refractivity contribution in [3.8, 4) is 0 Å². The van der Waals surface area contributed by atoms with Gasteiger partial charge in [-0.15, -0.1) is 0 Å². The number of carbonyl (C=O) groups is 2. The van der Waals surface area contributed by atoms with Gasteiger partial charge in [0, 0.05) is 6.42 Å². The van der Waals surface area contributed by atoms with Crippen molar-refractivity contribution in [3.05, 3.63) is 0 Å². The van der Waals surface area contributed by atoms with E-state index in [1.54, 1.807) is 0 Å². The van der Waals surface area contributed by atoms with E-state index in [4.69, 9.17) is 4.74 Å². The molecule has 0 spiro atoms. The van der Waals surface area contributed by atoms with Crippen molar-refractivity contribution in [2.75, 3.05) is 6.61 Å². The first kappa shape index (κ1) is 48.9. The van der Waals surface area contributed by atoms with Crippen molar-refractivity contribution >= 4 is 11.9 Å². The molecule has 6 heteroatoms. The molecule has 3 unspecified atom stereocenters. The topological polar surface area (TPSA) is 95.9 Å². The van der Waals surface area contributed by atoms with Crippen LogP contribution in [0.2, 0.25) is 0 Å². The van der Waals surface area contributed by atoms with Gasteiger partial charge in [0.15, 0.2) is 0 Å². The Kier molecular flexibility index (Phi) is 38.2. The molecule has 50 heavy (non-hydrogen) atoms. The van der Waals surface area contributed by atoms with Gasteiger partial charge in [-0.05, 0) is 25.7 Å². The number of rotatable bonds is 40. The molecule has 3 N–H and O–H groups in total. The average molecular weight is 710 g/mol. The molecule has 1 amide bonds. The summed E-state index contributed by atoms with van der Waals surface area (Å²) in [6, 6.07) is -0.689. The van der Waals surface area contributed by atoms with Crippen LogP contribution >= 0.6 is 0 Å². The van der Waals surface area contributed by atoms with Gasteiger partial charge >= 0.3 is 5.97 Å². The van der Waals surface area contributed by atoms with Crippen molar-refractivity contribution in [1.29, 1.82) is 0 Å². The predicted molar refractivity (Wildman–Crippen MR) is 214 cm³/mol. The van der Waals surface area contributed by atoms with E-state index in [2.05, 4.69) is 26.1 Å². The molecule has 0 saturated carbocycles. The van der Waals surface area contributed by atoms with Crippen LogP contribution in [-0.4, -0.2) is 46.9 Å². The van der Waals surface area contributed by atoms with Gasteiger partial charge in [-0.25, -0.2) is 0 Å². The third-order valence-corrected chi connectivity index (χ3v) is 10.4. The Bertz CT molecular complexity index is 717. The quantitative estimate of drug-likeness (QED) is 0.0435. The van der Waals surface area contributed by atoms with Gasteiger partial charge in [-0.3, -0.25) is 9.59 Å². The summed E-state index contributed by atoms with van der Waals surface area (Å²) >= 11 is 0. The van der Waals surface area contributed by atoms with E-state index in [1.165, 1.54) is 154 Å². The van der Waals surface area contributed by atoms with Crippen LogP contribution in [0.1, 0.15) is 245 Å². The molecule has 0 bridgehead atoms. The van der Waals surface area contributed by atoms with Gasteiger partial charge in [0.2, 0.25) is 5.91 Å². The number of unbranched alkanes of at least 4 members (excludes halogenated alkanes) is 28. The molecule has 0 aliphatic heterocycles. The molecule has 0 radical (unpaired) electrons. The minimum Gasteiger partial charge on any atom is -0.462 e. The van der Waals surface area contributed by atoms with Crippen LogP contribution < -0.4 is 5.32 Å². The maximum absolute atomic E-state index is 13.1. The fourth-order valence-electron chi connectivity index (χ4n) is 7.02. The van der Waals surface area contributed by atoms with Crippen molar-refractivity contribution in [3.63, 3.8) is 0 Å². The number of esters is 1. The number of aliphatic hydroxyl groups excluding tert-OH is 2. The van der Waals surface area contributed by atoms with Crippen LogP contribution in [0.3, 0.4) is 0 Å². The summed E-state index contributed by atoms with van der Waals surface area (Å²) in [5.41, 5.74) is 0. The fourth-order valence-corrected chi connectivity index (χ4v) is 7.02. The first-order valence-electron chi connectivity index (χ1n) is 22.3. The molecule has 0 aliphatic carbocycles. The number of nitrogens with one attached hydrogen (secondary N) is 1. The predicted octanol–water partition coefficient (Wildman–Crippen LogP) is 12.4. The van der Waals surface area contributed by atoms with E-state index in [1.807, 2.05) is 0 Å². The summed E-state index contributed by atoms with van der Waals surface area (Å²) in [5.74, 6) is -0.462. The van der Waals surface area contributed by atoms with Crippen molar-refractivity contribution in [1.82, 2.24) is 5.32 Å². The third kappa shape index (κ3) is 34.0. The summed E-state index contributed by atoms with van der Waals surface area (Å²) in [6.45, 7) is 6.45. The second-order valence-corrected chi connectivity index (χ2v) is 15.5. The molecule has 0 aromatic carbocycles. The van der Waals surface area contributed by atoms with E-state index in [0.29, 0.717) is 19.3 Å². The van der Waals surface area contributed by atoms with Gasteiger partial charge < -0.3 is 20.3 Å². The van der Waals surface area contributed by atoms with Crippen LogP contribution in [0.25, 0.3) is 0 Å². The fraction of sp³-hybridized carbons (Fsp3) is 0.955. The maximum atomic E-state index is 13.1. The van der Waals surface area contributed by atoms with Crippen molar-refractivity contribution < 1.29 is 24.5 Å². The van der Waals surface area contributed by atoms with E-state index in [0.717, 1.165) is 44.9 Å². The number of carbonyl (C=O) groups excluding carboxylic acids is 2. The largest absolute Gasteiger partial charge is 0.462 e. The first-order chi connectivity index (χ1) is 24.5. The van der Waals surface area contributed by atoms with E-state index >= 15 is 0 Å². The standard InChI is InChI=1S/C44H87NO5/c1-4-7-10-13-16-19-22-24-27-30-33-36-42(47)41(39-46)45-43(48)38-40(35-32-29-26-23-20-17-14-11-8-5-2)50-44(49)37-34-31-28-25-21-18-15-12-9-6-3/h40-42,46-47H,4-39H2,1-3H3,(H,45,48). The molecule has 0 saturated heterocycles. The molecule has 0 heterocycles. The Balaban J connectivity index is 4.53. The van der Waals surface area contributed by atoms with Crippen molar-refractivity contribution in [2.24, 2.45) is 0 Å². The normalized spacial score (nSPS) is 13.3. The molecule has 0 rings (SSSR count). The summed E-state index contributed by atoms with van der Waals surface area (Å²) in [6.07, 6.45) is 38.7. The molecule has 0 aliphatic rings. The molecule has 0 aromatic rings. The lowest BCUT2D eigenvalue weighted by Crippen LogP contribution is -2.46. The monoisotopic (exact) mass is 710 g/mol. The Morgan fingerprint density at radius 3 is 1.22 bits per heavy atom. The zero-order valence-electron chi connectivity index (χ0n) is 33.8. The number of aliphatic hydroxyl groups is 2. The van der Waals surface area contributed by atoms with E-state index in [-0.39, 0.29) is 24.9 Å². The van der Waals surface area contributed by atoms with Crippen LogP contribution in [0, 0.1) is 0 Å². The summed E-state index contributed by atoms with van der Waals surface area (Å²) in [4.78, 5) is 25.9. The van der Waals surface area contributed by atoms with Crippen LogP contribution in [0.4, 0.5) is 0 Å². The molecule has 0 aromatic heterocycles. The third-order valence-electron chi connectivity index (χ3n) is 10.4. The molecule has 3 atom stereocenters. The Morgan fingerprint density at radius 2 is 0.840 bits per heavy atom. The SMILES string of the molecule is CCCCCCCCCCCCCC(O)C(CO)NC(=O)CC(CCCCCCCCCCCC)OC(=O)CCCCCCCCCCCC. The highest BCUT2D eigenvalue weighted by molar-refractivity contribution is 5.77. The average Bonchev–Trinajstić information content (AvgIpc) is 3.10. The lowest BCUT2D eigenvalue weighted by molar-refractivity contribution is -0.151.